The molecule has 0 aliphatic carbocycles. The van der Waals surface area contributed by atoms with Crippen LogP contribution in [0.4, 0.5) is 10.5 Å². The van der Waals surface area contributed by atoms with Crippen LogP contribution >= 0.6 is 31.9 Å². The molecular weight excluding hydrogens is 384 g/mol. The van der Waals surface area contributed by atoms with Gasteiger partial charge >= 0.3 is 12.0 Å². The molecule has 0 saturated heterocycles. The molecule has 8 heteroatoms. The van der Waals surface area contributed by atoms with E-state index in [0.717, 1.165) is 5.56 Å². The third-order valence-electron chi connectivity index (χ3n) is 2.21. The summed E-state index contributed by atoms with van der Waals surface area (Å²) >= 11 is 6.60. The molecule has 1 aromatic carbocycles. The number of hydrogen-bond acceptors (Lipinski definition) is 3. The van der Waals surface area contributed by atoms with Gasteiger partial charge in [-0.15, -0.1) is 0 Å². The van der Waals surface area contributed by atoms with Crippen LogP contribution in [0.15, 0.2) is 21.1 Å². The average molecular weight is 396 g/mol. The van der Waals surface area contributed by atoms with Crippen LogP contribution in [0, 0.1) is 6.92 Å². The maximum Gasteiger partial charge on any atom is 0.328 e. The molecule has 0 aliphatic rings. The SMILES string of the molecule is Cc1cc(Br)c(NC(=O)N[C@@H](CO)C(=O)O)c(Br)c1. The number of carbonyl (C=O) groups is 2. The number of carboxylic acids is 1. The highest BCUT2D eigenvalue weighted by Gasteiger charge is 2.19. The number of aliphatic hydroxyl groups excluding tert-OH is 1. The van der Waals surface area contributed by atoms with Crippen LogP contribution in [0.5, 0.6) is 0 Å². The Hall–Kier alpha value is -1.12. The van der Waals surface area contributed by atoms with Crippen molar-refractivity contribution in [3.8, 4) is 0 Å². The molecule has 1 atom stereocenters. The monoisotopic (exact) mass is 394 g/mol. The fourth-order valence-corrected chi connectivity index (χ4v) is 2.93. The van der Waals surface area contributed by atoms with Gasteiger partial charge in [0.25, 0.3) is 0 Å². The third kappa shape index (κ3) is 4.48. The van der Waals surface area contributed by atoms with Gasteiger partial charge in [-0.25, -0.2) is 9.59 Å². The zero-order valence-electron chi connectivity index (χ0n) is 9.91. The van der Waals surface area contributed by atoms with Crippen molar-refractivity contribution in [3.05, 3.63) is 26.6 Å². The summed E-state index contributed by atoms with van der Waals surface area (Å²) in [5.41, 5.74) is 1.47. The van der Waals surface area contributed by atoms with Crippen molar-refractivity contribution in [1.29, 1.82) is 0 Å². The van der Waals surface area contributed by atoms with Crippen LogP contribution in [-0.2, 0) is 4.79 Å². The summed E-state index contributed by atoms with van der Waals surface area (Å²) in [6.45, 7) is 1.21. The van der Waals surface area contributed by atoms with Crippen molar-refractivity contribution in [2.75, 3.05) is 11.9 Å². The number of amides is 2. The Balaban J connectivity index is 2.80. The summed E-state index contributed by atoms with van der Waals surface area (Å²) in [4.78, 5) is 22.3. The molecule has 0 unspecified atom stereocenters. The van der Waals surface area contributed by atoms with Crippen LogP contribution in [-0.4, -0.2) is 34.9 Å². The van der Waals surface area contributed by atoms with Crippen LogP contribution < -0.4 is 10.6 Å². The molecule has 0 saturated carbocycles. The molecule has 0 heterocycles. The van der Waals surface area contributed by atoms with Gasteiger partial charge in [-0.1, -0.05) is 0 Å². The fraction of sp³-hybridized carbons (Fsp3) is 0.273. The Kier molecular flexibility index (Phi) is 5.77. The van der Waals surface area contributed by atoms with Crippen LogP contribution in [0.3, 0.4) is 0 Å². The first-order chi connectivity index (χ1) is 8.85. The van der Waals surface area contributed by atoms with Crippen molar-refractivity contribution in [1.82, 2.24) is 5.32 Å². The number of aliphatic carboxylic acids is 1. The predicted octanol–water partition coefficient (Wildman–Crippen LogP) is 2.09. The Labute approximate surface area is 126 Å². The molecule has 4 N–H and O–H groups in total. The predicted molar refractivity (Wildman–Crippen MR) is 77.2 cm³/mol. The highest BCUT2D eigenvalue weighted by molar-refractivity contribution is 9.11. The first-order valence-electron chi connectivity index (χ1n) is 5.22. The molecule has 0 fully saturated rings. The minimum Gasteiger partial charge on any atom is -0.480 e. The Morgan fingerprint density at radius 1 is 1.32 bits per heavy atom. The highest BCUT2D eigenvalue weighted by atomic mass is 79.9. The van der Waals surface area contributed by atoms with Gasteiger partial charge in [-0.3, -0.25) is 0 Å². The van der Waals surface area contributed by atoms with Crippen LogP contribution in [0.2, 0.25) is 0 Å². The smallest absolute Gasteiger partial charge is 0.328 e. The lowest BCUT2D eigenvalue weighted by Crippen LogP contribution is -2.45. The summed E-state index contributed by atoms with van der Waals surface area (Å²) in [5, 5.41) is 22.2. The van der Waals surface area contributed by atoms with E-state index in [1.165, 1.54) is 0 Å². The second-order valence-corrected chi connectivity index (χ2v) is 5.48. The van der Waals surface area contributed by atoms with E-state index >= 15 is 0 Å². The van der Waals surface area contributed by atoms with Gasteiger partial charge < -0.3 is 20.8 Å². The summed E-state index contributed by atoms with van der Waals surface area (Å²) in [7, 11) is 0. The van der Waals surface area contributed by atoms with Gasteiger partial charge in [0.2, 0.25) is 0 Å². The standard InChI is InChI=1S/C11H12Br2N2O4/c1-5-2-6(12)9(7(13)3-5)15-11(19)14-8(4-16)10(17)18/h2-3,8,16H,4H2,1H3,(H,17,18)(H2,14,15,19)/t8-/m0/s1. The van der Waals surface area contributed by atoms with Crippen molar-refractivity contribution >= 4 is 49.5 Å². The number of nitrogens with one attached hydrogen (secondary N) is 2. The van der Waals surface area contributed by atoms with Gasteiger partial charge in [-0.2, -0.15) is 0 Å². The highest BCUT2D eigenvalue weighted by Crippen LogP contribution is 2.32. The summed E-state index contributed by atoms with van der Waals surface area (Å²) < 4.78 is 1.32. The molecule has 2 amide bonds. The van der Waals surface area contributed by atoms with E-state index in [1.807, 2.05) is 6.92 Å². The second-order valence-electron chi connectivity index (χ2n) is 3.78. The molecule has 0 aromatic heterocycles. The lowest BCUT2D eigenvalue weighted by molar-refractivity contribution is -0.140. The largest absolute Gasteiger partial charge is 0.480 e. The summed E-state index contributed by atoms with van der Waals surface area (Å²) in [6.07, 6.45) is 0. The Morgan fingerprint density at radius 3 is 2.26 bits per heavy atom. The average Bonchev–Trinajstić information content (AvgIpc) is 2.30. The first kappa shape index (κ1) is 15.9. The molecule has 1 rings (SSSR count). The fourth-order valence-electron chi connectivity index (χ4n) is 1.31. The van der Waals surface area contributed by atoms with E-state index in [1.54, 1.807) is 12.1 Å². The molecule has 0 aliphatic heterocycles. The molecule has 1 aromatic rings. The minimum absolute atomic E-state index is 0.477. The van der Waals surface area contributed by atoms with Gasteiger partial charge in [0.05, 0.1) is 12.3 Å². The van der Waals surface area contributed by atoms with Gasteiger partial charge in [0.1, 0.15) is 0 Å². The molecule has 104 valence electrons. The van der Waals surface area contributed by atoms with Crippen molar-refractivity contribution in [2.45, 2.75) is 13.0 Å². The lowest BCUT2D eigenvalue weighted by atomic mass is 10.2. The number of urea groups is 1. The number of aryl methyl sites for hydroxylation is 1. The maximum absolute atomic E-state index is 11.6. The number of anilines is 1. The minimum atomic E-state index is -1.34. The van der Waals surface area contributed by atoms with Crippen molar-refractivity contribution in [3.63, 3.8) is 0 Å². The van der Waals surface area contributed by atoms with Crippen molar-refractivity contribution in [2.24, 2.45) is 0 Å². The van der Waals surface area contributed by atoms with Gasteiger partial charge in [0, 0.05) is 8.95 Å². The van der Waals surface area contributed by atoms with Crippen molar-refractivity contribution < 1.29 is 19.8 Å². The molecule has 0 radical (unpaired) electrons. The number of benzene rings is 1. The number of carboxylic acid groups (broad SMARTS) is 1. The van der Waals surface area contributed by atoms with Crippen LogP contribution in [0.1, 0.15) is 5.56 Å². The maximum atomic E-state index is 11.6. The number of halogens is 2. The second kappa shape index (κ2) is 6.88. The number of hydrogen-bond donors (Lipinski definition) is 4. The van der Waals surface area contributed by atoms with Gasteiger partial charge in [0.15, 0.2) is 6.04 Å². The van der Waals surface area contributed by atoms with E-state index in [9.17, 15) is 9.59 Å². The van der Waals surface area contributed by atoms with E-state index in [-0.39, 0.29) is 0 Å². The topological polar surface area (TPSA) is 98.7 Å². The van der Waals surface area contributed by atoms with E-state index in [4.69, 9.17) is 10.2 Å². The third-order valence-corrected chi connectivity index (χ3v) is 3.46. The lowest BCUT2D eigenvalue weighted by Gasteiger charge is -2.14. The molecule has 0 spiro atoms. The quantitative estimate of drug-likeness (QED) is 0.627. The summed E-state index contributed by atoms with van der Waals surface area (Å²) in [5.74, 6) is -1.31. The first-order valence-corrected chi connectivity index (χ1v) is 6.80. The summed E-state index contributed by atoms with van der Waals surface area (Å²) in [6, 6.07) is 1.55. The number of carbonyl (C=O) groups excluding carboxylic acids is 1. The zero-order chi connectivity index (χ0) is 14.6. The Bertz CT molecular complexity index is 484. The van der Waals surface area contributed by atoms with E-state index < -0.39 is 24.6 Å². The molecule has 6 nitrogen and oxygen atoms in total. The normalized spacial score (nSPS) is 11.8. The molecular formula is C11H12Br2N2O4. The molecule has 0 bridgehead atoms. The Morgan fingerprint density at radius 2 is 1.84 bits per heavy atom. The van der Waals surface area contributed by atoms with E-state index in [0.29, 0.717) is 14.6 Å². The number of aliphatic hydroxyl groups is 1. The van der Waals surface area contributed by atoms with E-state index in [2.05, 4.69) is 42.5 Å². The van der Waals surface area contributed by atoms with Crippen LogP contribution in [0.25, 0.3) is 0 Å². The van der Waals surface area contributed by atoms with Gasteiger partial charge in [-0.05, 0) is 56.5 Å². The number of rotatable bonds is 4. The zero-order valence-corrected chi connectivity index (χ0v) is 13.1. The molecule has 19 heavy (non-hydrogen) atoms.